The number of hydrogen-bond donors (Lipinski definition) is 0. The Balaban J connectivity index is 1.92. The second-order valence-corrected chi connectivity index (χ2v) is 5.77. The third-order valence-electron chi connectivity index (χ3n) is 4.38. The van der Waals surface area contributed by atoms with E-state index in [0.29, 0.717) is 28.9 Å². The Morgan fingerprint density at radius 2 is 1.52 bits per heavy atom. The maximum Gasteiger partial charge on any atom is 0.210 e. The zero-order valence-electron chi connectivity index (χ0n) is 12.7. The van der Waals surface area contributed by atoms with Crippen LogP contribution in [0, 0.1) is 6.92 Å². The molecule has 3 nitrogen and oxygen atoms in total. The summed E-state index contributed by atoms with van der Waals surface area (Å²) in [5.41, 5.74) is 4.00. The molecular formula is C20H15NO2. The van der Waals surface area contributed by atoms with Crippen molar-refractivity contribution in [3.8, 4) is 0 Å². The van der Waals surface area contributed by atoms with Gasteiger partial charge in [0.2, 0.25) is 5.78 Å². The lowest BCUT2D eigenvalue weighted by Crippen LogP contribution is -2.36. The van der Waals surface area contributed by atoms with Gasteiger partial charge in [0.15, 0.2) is 5.78 Å². The van der Waals surface area contributed by atoms with E-state index < -0.39 is 0 Å². The average molecular weight is 301 g/mol. The number of aryl methyl sites for hydroxylation is 1. The van der Waals surface area contributed by atoms with E-state index in [1.807, 2.05) is 42.2 Å². The standard InChI is InChI=1S/C20H15NO2/c1-13-7-2-5-11-17(13)21-12-6-10-16-18(21)20(23)15-9-4-3-8-14(15)19(16)22/h2-11H,12H2,1H3. The number of rotatable bonds is 1. The summed E-state index contributed by atoms with van der Waals surface area (Å²) in [5.74, 6) is -0.160. The minimum atomic E-state index is -0.0807. The van der Waals surface area contributed by atoms with Crippen LogP contribution in [0.1, 0.15) is 26.3 Å². The van der Waals surface area contributed by atoms with Crippen LogP contribution in [0.4, 0.5) is 5.69 Å². The number of nitrogens with zero attached hydrogens (tertiary/aromatic N) is 1. The molecular weight excluding hydrogens is 286 g/mol. The van der Waals surface area contributed by atoms with Crippen molar-refractivity contribution in [2.24, 2.45) is 0 Å². The summed E-state index contributed by atoms with van der Waals surface area (Å²) in [6.45, 7) is 2.60. The highest BCUT2D eigenvalue weighted by Crippen LogP contribution is 2.35. The molecule has 0 bridgehead atoms. The Morgan fingerprint density at radius 1 is 0.870 bits per heavy atom. The molecule has 1 aliphatic carbocycles. The number of para-hydroxylation sites is 1. The molecule has 3 heteroatoms. The van der Waals surface area contributed by atoms with Crippen LogP contribution >= 0.6 is 0 Å². The lowest BCUT2D eigenvalue weighted by atomic mass is 9.85. The molecule has 0 radical (unpaired) electrons. The summed E-state index contributed by atoms with van der Waals surface area (Å²) < 4.78 is 0. The summed E-state index contributed by atoms with van der Waals surface area (Å²) in [6, 6.07) is 15.0. The van der Waals surface area contributed by atoms with Gasteiger partial charge in [0.1, 0.15) is 5.70 Å². The number of carbonyl (C=O) groups excluding carboxylic acids is 2. The molecule has 0 aromatic heterocycles. The molecule has 0 saturated carbocycles. The van der Waals surface area contributed by atoms with Crippen molar-refractivity contribution in [3.05, 3.63) is 88.6 Å². The van der Waals surface area contributed by atoms with Gasteiger partial charge < -0.3 is 4.90 Å². The lowest BCUT2D eigenvalue weighted by molar-refractivity contribution is 0.0974. The van der Waals surface area contributed by atoms with Crippen LogP contribution in [-0.2, 0) is 0 Å². The molecule has 4 rings (SSSR count). The molecule has 0 atom stereocenters. The summed E-state index contributed by atoms with van der Waals surface area (Å²) in [4.78, 5) is 27.7. The predicted octanol–water partition coefficient (Wildman–Crippen LogP) is 3.70. The minimum absolute atomic E-state index is 0.0789. The summed E-state index contributed by atoms with van der Waals surface area (Å²) in [5, 5.41) is 0. The number of carbonyl (C=O) groups is 2. The molecule has 2 aromatic rings. The van der Waals surface area contributed by atoms with Gasteiger partial charge in [0.25, 0.3) is 0 Å². The number of ketones is 2. The van der Waals surface area contributed by atoms with Gasteiger partial charge in [-0.2, -0.15) is 0 Å². The van der Waals surface area contributed by atoms with Crippen LogP contribution in [0.5, 0.6) is 0 Å². The number of Topliss-reactive ketones (excluding diaryl/α,β-unsaturated/α-hetero) is 2. The van der Waals surface area contributed by atoms with E-state index in [2.05, 4.69) is 0 Å². The summed E-state index contributed by atoms with van der Waals surface area (Å²) in [7, 11) is 0. The fourth-order valence-corrected chi connectivity index (χ4v) is 3.26. The highest BCUT2D eigenvalue weighted by Gasteiger charge is 2.35. The molecule has 112 valence electrons. The first kappa shape index (κ1) is 13.7. The third kappa shape index (κ3) is 1.97. The Hall–Kier alpha value is -2.94. The SMILES string of the molecule is Cc1ccccc1N1CC=CC2=C1C(=O)c1ccccc1C2=O. The molecule has 1 aliphatic heterocycles. The first-order valence-corrected chi connectivity index (χ1v) is 7.61. The lowest BCUT2D eigenvalue weighted by Gasteiger charge is -2.33. The smallest absolute Gasteiger partial charge is 0.210 e. The van der Waals surface area contributed by atoms with E-state index in [-0.39, 0.29) is 11.6 Å². The molecule has 0 saturated heterocycles. The summed E-state index contributed by atoms with van der Waals surface area (Å²) >= 11 is 0. The highest BCUT2D eigenvalue weighted by molar-refractivity contribution is 6.29. The Morgan fingerprint density at radius 3 is 2.26 bits per heavy atom. The van der Waals surface area contributed by atoms with Crippen LogP contribution in [0.3, 0.4) is 0 Å². The molecule has 23 heavy (non-hydrogen) atoms. The average Bonchev–Trinajstić information content (AvgIpc) is 2.59. The fourth-order valence-electron chi connectivity index (χ4n) is 3.26. The molecule has 0 unspecified atom stereocenters. The summed E-state index contributed by atoms with van der Waals surface area (Å²) in [6.07, 6.45) is 3.71. The van der Waals surface area contributed by atoms with Gasteiger partial charge in [-0.05, 0) is 18.6 Å². The van der Waals surface area contributed by atoms with Crippen molar-refractivity contribution in [1.82, 2.24) is 0 Å². The van der Waals surface area contributed by atoms with Crippen LogP contribution in [0.15, 0.2) is 72.0 Å². The number of fused-ring (bicyclic) bond motifs is 1. The fraction of sp³-hybridized carbons (Fsp3) is 0.100. The Bertz CT molecular complexity index is 905. The van der Waals surface area contributed by atoms with Gasteiger partial charge >= 0.3 is 0 Å². The van der Waals surface area contributed by atoms with E-state index in [1.165, 1.54) is 0 Å². The van der Waals surface area contributed by atoms with Gasteiger partial charge in [-0.25, -0.2) is 0 Å². The van der Waals surface area contributed by atoms with E-state index in [1.54, 1.807) is 30.3 Å². The molecule has 2 aromatic carbocycles. The van der Waals surface area contributed by atoms with Crippen LogP contribution in [0.25, 0.3) is 0 Å². The van der Waals surface area contributed by atoms with Crippen molar-refractivity contribution in [2.45, 2.75) is 6.92 Å². The molecule has 0 amide bonds. The van der Waals surface area contributed by atoms with Crippen LogP contribution in [0.2, 0.25) is 0 Å². The first-order chi connectivity index (χ1) is 11.2. The van der Waals surface area contributed by atoms with Gasteiger partial charge in [-0.15, -0.1) is 0 Å². The van der Waals surface area contributed by atoms with E-state index >= 15 is 0 Å². The zero-order chi connectivity index (χ0) is 16.0. The Labute approximate surface area is 134 Å². The normalized spacial score (nSPS) is 16.5. The second kappa shape index (κ2) is 5.06. The van der Waals surface area contributed by atoms with Crippen molar-refractivity contribution >= 4 is 17.3 Å². The molecule has 1 heterocycles. The van der Waals surface area contributed by atoms with Gasteiger partial charge in [-0.1, -0.05) is 54.6 Å². The van der Waals surface area contributed by atoms with Crippen molar-refractivity contribution in [1.29, 1.82) is 0 Å². The van der Waals surface area contributed by atoms with E-state index in [9.17, 15) is 9.59 Å². The topological polar surface area (TPSA) is 37.4 Å². The molecule has 0 fully saturated rings. The maximum absolute atomic E-state index is 13.0. The number of allylic oxidation sites excluding steroid dienone is 3. The van der Waals surface area contributed by atoms with Crippen molar-refractivity contribution in [3.63, 3.8) is 0 Å². The van der Waals surface area contributed by atoms with E-state index in [4.69, 9.17) is 0 Å². The van der Waals surface area contributed by atoms with Gasteiger partial charge in [0, 0.05) is 23.4 Å². The molecule has 0 spiro atoms. The second-order valence-electron chi connectivity index (χ2n) is 5.77. The maximum atomic E-state index is 13.0. The van der Waals surface area contributed by atoms with Crippen LogP contribution < -0.4 is 4.90 Å². The van der Waals surface area contributed by atoms with Gasteiger partial charge in [-0.3, -0.25) is 9.59 Å². The van der Waals surface area contributed by atoms with E-state index in [0.717, 1.165) is 11.3 Å². The molecule has 0 N–H and O–H groups in total. The van der Waals surface area contributed by atoms with Gasteiger partial charge in [0.05, 0.1) is 5.57 Å². The number of hydrogen-bond acceptors (Lipinski definition) is 3. The minimum Gasteiger partial charge on any atom is -0.334 e. The van der Waals surface area contributed by atoms with Crippen molar-refractivity contribution in [2.75, 3.05) is 11.4 Å². The Kier molecular flexibility index (Phi) is 3.01. The quantitative estimate of drug-likeness (QED) is 0.806. The van der Waals surface area contributed by atoms with Crippen LogP contribution in [-0.4, -0.2) is 18.1 Å². The molecule has 2 aliphatic rings. The number of anilines is 1. The zero-order valence-corrected chi connectivity index (χ0v) is 12.7. The number of benzene rings is 2. The first-order valence-electron chi connectivity index (χ1n) is 7.61. The van der Waals surface area contributed by atoms with Crippen molar-refractivity contribution < 1.29 is 9.59 Å². The third-order valence-corrected chi connectivity index (χ3v) is 4.38. The largest absolute Gasteiger partial charge is 0.334 e. The monoisotopic (exact) mass is 301 g/mol. The predicted molar refractivity (Wildman–Crippen MR) is 89.8 cm³/mol. The highest BCUT2D eigenvalue weighted by atomic mass is 16.1.